The van der Waals surface area contributed by atoms with E-state index in [0.717, 1.165) is 38.1 Å². The monoisotopic (exact) mass is 355 g/mol. The number of guanidine groups is 1. The second kappa shape index (κ2) is 8.97. The first kappa shape index (κ1) is 17.0. The van der Waals surface area contributed by atoms with E-state index in [9.17, 15) is 0 Å². The van der Waals surface area contributed by atoms with Crippen molar-refractivity contribution >= 4 is 29.9 Å². The lowest BCUT2D eigenvalue weighted by Crippen LogP contribution is -2.35. The molecule has 0 unspecified atom stereocenters. The minimum Gasteiger partial charge on any atom is -0.381 e. The summed E-state index contributed by atoms with van der Waals surface area (Å²) in [6, 6.07) is 0. The smallest absolute Gasteiger partial charge is 0.195 e. The molecule has 1 fully saturated rings. The quantitative estimate of drug-likeness (QED) is 0.315. The van der Waals surface area contributed by atoms with E-state index in [1.165, 1.54) is 12.8 Å². The number of halogens is 1. The fourth-order valence-corrected chi connectivity index (χ4v) is 1.56. The molecule has 17 heavy (non-hydrogen) atoms. The van der Waals surface area contributed by atoms with E-state index >= 15 is 0 Å². The first-order chi connectivity index (χ1) is 7.61. The second-order valence-corrected chi connectivity index (χ2v) is 4.84. The maximum Gasteiger partial charge on any atom is 0.195 e. The summed E-state index contributed by atoms with van der Waals surface area (Å²) in [5.74, 6) is 1.88. The molecule has 4 nitrogen and oxygen atoms in total. The number of aliphatic imine (C=N–C) groups is 1. The van der Waals surface area contributed by atoms with Crippen LogP contribution in [0.4, 0.5) is 0 Å². The van der Waals surface area contributed by atoms with Gasteiger partial charge in [-0.05, 0) is 25.2 Å². The van der Waals surface area contributed by atoms with Gasteiger partial charge in [0, 0.05) is 47.9 Å². The Kier molecular flexibility index (Phi) is 8.94. The normalized spacial score (nSPS) is 13.9. The van der Waals surface area contributed by atoms with Crippen molar-refractivity contribution < 1.29 is 4.74 Å². The Morgan fingerprint density at radius 3 is 2.24 bits per heavy atom. The molecule has 0 saturated heterocycles. The van der Waals surface area contributed by atoms with Crippen LogP contribution in [0.1, 0.15) is 19.3 Å². The summed E-state index contributed by atoms with van der Waals surface area (Å²) in [5.41, 5.74) is 0. The fourth-order valence-electron chi connectivity index (χ4n) is 1.56. The lowest BCUT2D eigenvalue weighted by molar-refractivity contribution is 0.123. The molecule has 0 heterocycles. The minimum atomic E-state index is 0. The molecule has 1 rings (SSSR count). The maximum atomic E-state index is 5.56. The Balaban J connectivity index is 0.00000256. The van der Waals surface area contributed by atoms with Crippen LogP contribution < -0.4 is 0 Å². The van der Waals surface area contributed by atoms with Crippen LogP contribution >= 0.6 is 24.0 Å². The van der Waals surface area contributed by atoms with E-state index in [-0.39, 0.29) is 24.0 Å². The molecule has 1 aliphatic carbocycles. The summed E-state index contributed by atoms with van der Waals surface area (Å²) in [6.45, 7) is 2.64. The summed E-state index contributed by atoms with van der Waals surface area (Å²) < 4.78 is 5.56. The molecule has 0 atom stereocenters. The number of nitrogens with zero attached hydrogens (tertiary/aromatic N) is 3. The van der Waals surface area contributed by atoms with Crippen LogP contribution in [0.25, 0.3) is 0 Å². The van der Waals surface area contributed by atoms with Crippen LogP contribution in [-0.4, -0.2) is 63.7 Å². The molecule has 102 valence electrons. The Labute approximate surface area is 122 Å². The van der Waals surface area contributed by atoms with Crippen LogP contribution in [0.15, 0.2) is 4.99 Å². The predicted molar refractivity (Wildman–Crippen MR) is 83.3 cm³/mol. The molecule has 5 heteroatoms. The summed E-state index contributed by atoms with van der Waals surface area (Å²) >= 11 is 0. The van der Waals surface area contributed by atoms with Gasteiger partial charge in [0.25, 0.3) is 0 Å². The molecule has 0 aromatic rings. The SMILES string of the molecule is CN(C)C(=NCCCOCC1CC1)N(C)C.I. The molecule has 0 N–H and O–H groups in total. The molecule has 0 aromatic carbocycles. The van der Waals surface area contributed by atoms with Gasteiger partial charge in [-0.1, -0.05) is 0 Å². The third-order valence-electron chi connectivity index (χ3n) is 2.55. The van der Waals surface area contributed by atoms with Gasteiger partial charge in [0.1, 0.15) is 0 Å². The Hall–Kier alpha value is -0.0400. The van der Waals surface area contributed by atoms with Gasteiger partial charge in [-0.25, -0.2) is 0 Å². The van der Waals surface area contributed by atoms with Gasteiger partial charge in [0.15, 0.2) is 5.96 Å². The van der Waals surface area contributed by atoms with Gasteiger partial charge in [0.05, 0.1) is 0 Å². The maximum absolute atomic E-state index is 5.56. The van der Waals surface area contributed by atoms with Gasteiger partial charge in [-0.15, -0.1) is 24.0 Å². The third-order valence-corrected chi connectivity index (χ3v) is 2.55. The first-order valence-electron chi connectivity index (χ1n) is 6.08. The summed E-state index contributed by atoms with van der Waals surface area (Å²) in [4.78, 5) is 8.61. The van der Waals surface area contributed by atoms with E-state index in [1.54, 1.807) is 0 Å². The molecule has 0 aliphatic heterocycles. The van der Waals surface area contributed by atoms with Crippen molar-refractivity contribution in [2.75, 3.05) is 47.9 Å². The van der Waals surface area contributed by atoms with Crippen molar-refractivity contribution in [3.63, 3.8) is 0 Å². The van der Waals surface area contributed by atoms with Gasteiger partial charge < -0.3 is 14.5 Å². The van der Waals surface area contributed by atoms with E-state index in [0.29, 0.717) is 0 Å². The second-order valence-electron chi connectivity index (χ2n) is 4.84. The zero-order chi connectivity index (χ0) is 12.0. The summed E-state index contributed by atoms with van der Waals surface area (Å²) in [7, 11) is 8.07. The molecule has 1 aliphatic rings. The number of ether oxygens (including phenoxy) is 1. The molecule has 0 aromatic heterocycles. The zero-order valence-electron chi connectivity index (χ0n) is 11.5. The molecule has 0 amide bonds. The Bertz CT molecular complexity index is 218. The van der Waals surface area contributed by atoms with E-state index in [1.807, 2.05) is 38.0 Å². The molecular weight excluding hydrogens is 329 g/mol. The lowest BCUT2D eigenvalue weighted by atomic mass is 10.4. The number of rotatable bonds is 6. The average Bonchev–Trinajstić information content (AvgIpc) is 2.99. The van der Waals surface area contributed by atoms with Gasteiger partial charge in [-0.3, -0.25) is 4.99 Å². The average molecular weight is 355 g/mol. The van der Waals surface area contributed by atoms with Gasteiger partial charge in [-0.2, -0.15) is 0 Å². The van der Waals surface area contributed by atoms with Crippen LogP contribution in [0.3, 0.4) is 0 Å². The molecular formula is C12H26IN3O. The molecule has 1 saturated carbocycles. The highest BCUT2D eigenvalue weighted by atomic mass is 127. The minimum absolute atomic E-state index is 0. The summed E-state index contributed by atoms with van der Waals surface area (Å²) in [6.07, 6.45) is 3.74. The van der Waals surface area contributed by atoms with Crippen LogP contribution in [0.5, 0.6) is 0 Å². The molecule has 0 bridgehead atoms. The predicted octanol–water partition coefficient (Wildman–Crippen LogP) is 1.90. The molecule has 0 spiro atoms. The van der Waals surface area contributed by atoms with Crippen molar-refractivity contribution in [3.05, 3.63) is 0 Å². The Morgan fingerprint density at radius 1 is 1.18 bits per heavy atom. The van der Waals surface area contributed by atoms with E-state index in [4.69, 9.17) is 4.74 Å². The molecule has 0 radical (unpaired) electrons. The fraction of sp³-hybridized carbons (Fsp3) is 0.917. The van der Waals surface area contributed by atoms with Crippen molar-refractivity contribution in [1.29, 1.82) is 0 Å². The van der Waals surface area contributed by atoms with E-state index < -0.39 is 0 Å². The highest BCUT2D eigenvalue weighted by Crippen LogP contribution is 2.28. The van der Waals surface area contributed by atoms with Crippen molar-refractivity contribution in [3.8, 4) is 0 Å². The Morgan fingerprint density at radius 2 is 1.76 bits per heavy atom. The highest BCUT2D eigenvalue weighted by Gasteiger charge is 2.20. The largest absolute Gasteiger partial charge is 0.381 e. The van der Waals surface area contributed by atoms with Gasteiger partial charge in [0.2, 0.25) is 0 Å². The number of hydrogen-bond donors (Lipinski definition) is 0. The summed E-state index contributed by atoms with van der Waals surface area (Å²) in [5, 5.41) is 0. The zero-order valence-corrected chi connectivity index (χ0v) is 13.8. The van der Waals surface area contributed by atoms with Crippen molar-refractivity contribution in [2.45, 2.75) is 19.3 Å². The first-order valence-corrected chi connectivity index (χ1v) is 6.08. The van der Waals surface area contributed by atoms with Crippen LogP contribution in [0.2, 0.25) is 0 Å². The van der Waals surface area contributed by atoms with Crippen molar-refractivity contribution in [2.24, 2.45) is 10.9 Å². The lowest BCUT2D eigenvalue weighted by Gasteiger charge is -2.22. The van der Waals surface area contributed by atoms with Crippen molar-refractivity contribution in [1.82, 2.24) is 9.80 Å². The standard InChI is InChI=1S/C12H25N3O.HI/c1-14(2)12(15(3)4)13-8-5-9-16-10-11-6-7-11;/h11H,5-10H2,1-4H3;1H. The van der Waals surface area contributed by atoms with Crippen LogP contribution in [-0.2, 0) is 4.74 Å². The number of hydrogen-bond acceptors (Lipinski definition) is 2. The topological polar surface area (TPSA) is 28.1 Å². The third kappa shape index (κ3) is 7.81. The van der Waals surface area contributed by atoms with E-state index in [2.05, 4.69) is 4.99 Å². The van der Waals surface area contributed by atoms with Crippen LogP contribution in [0, 0.1) is 5.92 Å². The van der Waals surface area contributed by atoms with Gasteiger partial charge >= 0.3 is 0 Å². The highest BCUT2D eigenvalue weighted by molar-refractivity contribution is 14.0.